The number of carbonyl (C=O) groups excluding carboxylic acids is 4. The van der Waals surface area contributed by atoms with Crippen molar-refractivity contribution in [2.24, 2.45) is 5.73 Å². The normalized spacial score (nSPS) is 12.9. The zero-order valence-corrected chi connectivity index (χ0v) is 37.4. The van der Waals surface area contributed by atoms with Gasteiger partial charge in [-0.05, 0) is 68.0 Å². The van der Waals surface area contributed by atoms with Crippen LogP contribution in [0.15, 0.2) is 115 Å². The molecule has 65 heavy (non-hydrogen) atoms. The van der Waals surface area contributed by atoms with E-state index in [2.05, 4.69) is 28.2 Å². The van der Waals surface area contributed by atoms with Crippen molar-refractivity contribution in [3.63, 3.8) is 0 Å². The van der Waals surface area contributed by atoms with Crippen molar-refractivity contribution in [3.8, 4) is 22.8 Å². The molecule has 8 N–H and O–H groups in total. The second-order valence-corrected chi connectivity index (χ2v) is 16.5. The quantitative estimate of drug-likeness (QED) is 0.0319. The molecule has 0 aliphatic carbocycles. The highest BCUT2D eigenvalue weighted by Crippen LogP contribution is 2.24. The maximum absolute atomic E-state index is 14.3. The first kappa shape index (κ1) is 49.2. The number of amides is 4. The summed E-state index contributed by atoms with van der Waals surface area (Å²) in [5.41, 5.74) is 11.1. The van der Waals surface area contributed by atoms with Gasteiger partial charge in [0.1, 0.15) is 29.7 Å². The summed E-state index contributed by atoms with van der Waals surface area (Å²) in [6.07, 6.45) is 8.62. The van der Waals surface area contributed by atoms with E-state index >= 15 is 0 Å². The number of nitrogens with zero attached hydrogens (tertiary/aromatic N) is 2. The van der Waals surface area contributed by atoms with E-state index < -0.39 is 47.9 Å². The first-order valence-corrected chi connectivity index (χ1v) is 22.6. The Balaban J connectivity index is 1.32. The van der Waals surface area contributed by atoms with Crippen LogP contribution in [0.1, 0.15) is 87.1 Å². The lowest BCUT2D eigenvalue weighted by Gasteiger charge is -2.25. The highest BCUT2D eigenvalue weighted by Gasteiger charge is 2.31. The number of hydrogen-bond donors (Lipinski definition) is 7. The van der Waals surface area contributed by atoms with Gasteiger partial charge in [0.05, 0.1) is 11.7 Å². The number of unbranched alkanes of at least 4 members (excludes halogenated alkanes) is 5. The Morgan fingerprint density at radius 1 is 0.662 bits per heavy atom. The summed E-state index contributed by atoms with van der Waals surface area (Å²) in [5.74, 6) is -2.61. The average Bonchev–Trinajstić information content (AvgIpc) is 3.73. The van der Waals surface area contributed by atoms with Crippen molar-refractivity contribution < 1.29 is 34.2 Å². The van der Waals surface area contributed by atoms with E-state index in [9.17, 15) is 34.2 Å². The van der Waals surface area contributed by atoms with Crippen LogP contribution in [0.3, 0.4) is 0 Å². The Labute approximate surface area is 381 Å². The molecule has 1 heterocycles. The summed E-state index contributed by atoms with van der Waals surface area (Å²) in [5, 5.41) is 31.0. The van der Waals surface area contributed by atoms with Crippen molar-refractivity contribution >= 4 is 29.6 Å². The van der Waals surface area contributed by atoms with Crippen LogP contribution in [0.5, 0.6) is 5.75 Å². The number of imidazole rings is 1. The number of benzene rings is 4. The monoisotopic (exact) mass is 885 g/mol. The van der Waals surface area contributed by atoms with E-state index in [-0.39, 0.29) is 37.3 Å². The molecule has 5 aromatic rings. The molecule has 4 aromatic carbocycles. The molecule has 4 unspecified atom stereocenters. The predicted molar refractivity (Wildman–Crippen MR) is 251 cm³/mol. The van der Waals surface area contributed by atoms with Gasteiger partial charge in [-0.3, -0.25) is 23.7 Å². The van der Waals surface area contributed by atoms with Crippen LogP contribution in [-0.2, 0) is 43.2 Å². The highest BCUT2D eigenvalue weighted by atomic mass is 16.4. The van der Waals surface area contributed by atoms with Crippen LogP contribution < -0.4 is 27.0 Å². The number of phenolic OH excluding ortho intramolecular Hbond substituents is 1. The molecule has 14 nitrogen and oxygen atoms in total. The minimum atomic E-state index is -1.35. The van der Waals surface area contributed by atoms with Gasteiger partial charge in [0.15, 0.2) is 0 Å². The Morgan fingerprint density at radius 2 is 1.25 bits per heavy atom. The molecule has 0 spiro atoms. The molecule has 5 rings (SSSR count). The lowest BCUT2D eigenvalue weighted by Crippen LogP contribution is -2.58. The van der Waals surface area contributed by atoms with Gasteiger partial charge in [-0.2, -0.15) is 0 Å². The van der Waals surface area contributed by atoms with Crippen molar-refractivity contribution in [3.05, 3.63) is 138 Å². The van der Waals surface area contributed by atoms with E-state index in [4.69, 9.17) is 10.7 Å². The smallest absolute Gasteiger partial charge is 0.326 e. The van der Waals surface area contributed by atoms with Crippen LogP contribution in [-0.4, -0.2) is 80.1 Å². The number of nitrogens with one attached hydrogen (secondary N) is 4. The molecule has 0 radical (unpaired) electrons. The number of carboxylic acids is 1. The van der Waals surface area contributed by atoms with Crippen molar-refractivity contribution in [1.82, 2.24) is 30.8 Å². The molecule has 0 aliphatic heterocycles. The second kappa shape index (κ2) is 25.5. The Morgan fingerprint density at radius 3 is 1.91 bits per heavy atom. The second-order valence-electron chi connectivity index (χ2n) is 16.5. The number of phenols is 1. The summed E-state index contributed by atoms with van der Waals surface area (Å²) in [7, 11) is 0. The Hall–Kier alpha value is -6.80. The van der Waals surface area contributed by atoms with Gasteiger partial charge < -0.3 is 37.2 Å². The third-order valence-corrected chi connectivity index (χ3v) is 11.2. The van der Waals surface area contributed by atoms with Gasteiger partial charge >= 0.3 is 5.97 Å². The number of aryl methyl sites for hydroxylation is 1. The third-order valence-electron chi connectivity index (χ3n) is 11.2. The predicted octanol–water partition coefficient (Wildman–Crippen LogP) is 6.09. The molecule has 4 amide bonds. The van der Waals surface area contributed by atoms with Crippen LogP contribution >= 0.6 is 0 Å². The van der Waals surface area contributed by atoms with Crippen molar-refractivity contribution in [1.29, 1.82) is 0 Å². The number of carbonyl (C=O) groups is 5. The zero-order valence-electron chi connectivity index (χ0n) is 37.4. The average molecular weight is 886 g/mol. The fourth-order valence-electron chi connectivity index (χ4n) is 7.43. The molecule has 14 heteroatoms. The number of nitrogens with two attached hydrogens (primary N) is 1. The molecular formula is C51H63N7O7. The van der Waals surface area contributed by atoms with Crippen LogP contribution in [0, 0.1) is 6.92 Å². The fraction of sp³-hybridized carbons (Fsp3) is 0.373. The number of aromatic nitrogens is 2. The van der Waals surface area contributed by atoms with Gasteiger partial charge in [0, 0.05) is 49.7 Å². The minimum absolute atomic E-state index is 0.0158. The Kier molecular flexibility index (Phi) is 19.3. The Bertz CT molecular complexity index is 2230. The molecule has 0 aliphatic rings. The first-order valence-electron chi connectivity index (χ1n) is 22.6. The molecule has 1 aromatic heterocycles. The van der Waals surface area contributed by atoms with Crippen molar-refractivity contribution in [2.45, 2.75) is 115 Å². The van der Waals surface area contributed by atoms with E-state index in [0.29, 0.717) is 42.9 Å². The number of para-hydroxylation sites is 1. The van der Waals surface area contributed by atoms with E-state index in [1.807, 2.05) is 103 Å². The topological polar surface area (TPSA) is 218 Å². The van der Waals surface area contributed by atoms with Crippen LogP contribution in [0.2, 0.25) is 0 Å². The number of aromatic hydroxyl groups is 1. The standard InChI is InChI=1S/C51H63N7O7/c1-3-4-5-6-13-21-46(60)53-30-15-14-20-43(55-48(61)42(52)33-39-34-58(40-18-11-8-12-19-40)47(54-39)38-16-9-7-10-17-38)49(62)56-44(31-36-24-22-35(2)23-25-36)50(63)57-45(51(64)65)32-37-26-28-41(59)29-27-37/h7-12,16-19,22-29,34,42-45,59H,3-6,13-15,20-21,30-33,52H2,1-2H3,(H,53,60)(H,55,61)(H,56,62)(H,57,63)(H,64,65). The van der Waals surface area contributed by atoms with Gasteiger partial charge in [-0.1, -0.05) is 123 Å². The van der Waals surface area contributed by atoms with Crippen LogP contribution in [0.4, 0.5) is 0 Å². The zero-order chi connectivity index (χ0) is 46.6. The number of rotatable bonds is 26. The van der Waals surface area contributed by atoms with Gasteiger partial charge in [0.2, 0.25) is 23.6 Å². The summed E-state index contributed by atoms with van der Waals surface area (Å²) >= 11 is 0. The molecule has 4 atom stereocenters. The summed E-state index contributed by atoms with van der Waals surface area (Å²) in [6.45, 7) is 4.45. The lowest BCUT2D eigenvalue weighted by atomic mass is 10.0. The van der Waals surface area contributed by atoms with Gasteiger partial charge in [-0.15, -0.1) is 0 Å². The van der Waals surface area contributed by atoms with E-state index in [1.165, 1.54) is 12.1 Å². The molecule has 0 saturated carbocycles. The third kappa shape index (κ3) is 16.1. The van der Waals surface area contributed by atoms with Crippen LogP contribution in [0.25, 0.3) is 17.1 Å². The maximum Gasteiger partial charge on any atom is 0.326 e. The number of carboxylic acid groups (broad SMARTS) is 1. The van der Waals surface area contributed by atoms with Gasteiger partial charge in [0.25, 0.3) is 0 Å². The molecule has 0 fully saturated rings. The molecule has 344 valence electrons. The molecule has 0 saturated heterocycles. The highest BCUT2D eigenvalue weighted by molar-refractivity contribution is 5.94. The van der Waals surface area contributed by atoms with Gasteiger partial charge in [-0.25, -0.2) is 9.78 Å². The largest absolute Gasteiger partial charge is 0.508 e. The summed E-state index contributed by atoms with van der Waals surface area (Å²) in [4.78, 5) is 72.0. The first-order chi connectivity index (χ1) is 31.4. The number of hydrogen-bond acceptors (Lipinski definition) is 8. The van der Waals surface area contributed by atoms with E-state index in [0.717, 1.165) is 54.5 Å². The lowest BCUT2D eigenvalue weighted by molar-refractivity contribution is -0.142. The molecule has 0 bridgehead atoms. The maximum atomic E-state index is 14.3. The van der Waals surface area contributed by atoms with Crippen molar-refractivity contribution in [2.75, 3.05) is 6.54 Å². The SMILES string of the molecule is CCCCCCCC(=O)NCCCCC(NC(=O)C(N)Cc1cn(-c2ccccc2)c(-c2ccccc2)n1)C(=O)NC(Cc1ccc(C)cc1)C(=O)NC(Cc1ccc(O)cc1)C(=O)O. The number of aliphatic carboxylic acids is 1. The summed E-state index contributed by atoms with van der Waals surface area (Å²) in [6, 6.07) is 27.9. The summed E-state index contributed by atoms with van der Waals surface area (Å²) < 4.78 is 1.94. The fourth-order valence-corrected chi connectivity index (χ4v) is 7.43. The van der Waals surface area contributed by atoms with E-state index in [1.54, 1.807) is 12.1 Å². The minimum Gasteiger partial charge on any atom is -0.508 e. The molecular weight excluding hydrogens is 823 g/mol.